The van der Waals surface area contributed by atoms with E-state index in [0.717, 1.165) is 48.5 Å². The van der Waals surface area contributed by atoms with Gasteiger partial charge in [0.1, 0.15) is 11.6 Å². The number of nitrogens with zero attached hydrogens (tertiary/aromatic N) is 4. The highest BCUT2D eigenvalue weighted by atomic mass is 16.6. The minimum atomic E-state index is -0.183. The van der Waals surface area contributed by atoms with E-state index < -0.39 is 0 Å². The van der Waals surface area contributed by atoms with E-state index in [1.165, 1.54) is 0 Å². The van der Waals surface area contributed by atoms with Gasteiger partial charge in [-0.2, -0.15) is 0 Å². The number of piperidine rings is 1. The molecule has 0 aliphatic carbocycles. The Hall–Kier alpha value is -2.35. The first-order valence-corrected chi connectivity index (χ1v) is 9.78. The Labute approximate surface area is 159 Å². The van der Waals surface area contributed by atoms with Gasteiger partial charge in [0.2, 0.25) is 0 Å². The first-order valence-electron chi connectivity index (χ1n) is 9.78. The number of rotatable bonds is 4. The number of imidazole rings is 1. The second kappa shape index (κ2) is 7.34. The smallest absolute Gasteiger partial charge is 0.410 e. The van der Waals surface area contributed by atoms with Crippen LogP contribution >= 0.6 is 0 Å². The Bertz CT molecular complexity index is 821. The predicted molar refractivity (Wildman–Crippen MR) is 104 cm³/mol. The van der Waals surface area contributed by atoms with E-state index in [1.807, 2.05) is 18.2 Å². The van der Waals surface area contributed by atoms with Crippen molar-refractivity contribution in [2.24, 2.45) is 0 Å². The van der Waals surface area contributed by atoms with Crippen molar-refractivity contribution < 1.29 is 9.53 Å². The molecular formula is C19H28N6O2. The molecule has 146 valence electrons. The Morgan fingerprint density at radius 1 is 1.33 bits per heavy atom. The lowest BCUT2D eigenvalue weighted by Crippen LogP contribution is -2.52. The van der Waals surface area contributed by atoms with E-state index in [-0.39, 0.29) is 12.2 Å². The highest BCUT2D eigenvalue weighted by Gasteiger charge is 2.28. The van der Waals surface area contributed by atoms with E-state index in [4.69, 9.17) is 4.74 Å². The van der Waals surface area contributed by atoms with Gasteiger partial charge in [-0.05, 0) is 39.7 Å². The summed E-state index contributed by atoms with van der Waals surface area (Å²) in [5.41, 5.74) is 3.83. The third-order valence-electron chi connectivity index (χ3n) is 5.34. The monoisotopic (exact) mass is 372 g/mol. The molecule has 0 bridgehead atoms. The SMILES string of the molecule is Cc1cc(NC2CCN(C(=O)OC3CNC3)CC2)c2ncn(C(C)C)c2n1. The van der Waals surface area contributed by atoms with Crippen LogP contribution in [0.2, 0.25) is 0 Å². The standard InChI is InChI=1S/C19H28N6O2/c1-12(2)25-11-21-17-16(8-13(3)22-18(17)25)23-14-4-6-24(7-5-14)19(26)27-15-9-20-10-15/h8,11-12,14-15,20H,4-7,9-10H2,1-3H3,(H,22,23). The maximum Gasteiger partial charge on any atom is 0.410 e. The maximum absolute atomic E-state index is 12.2. The van der Waals surface area contributed by atoms with Gasteiger partial charge >= 0.3 is 6.09 Å². The van der Waals surface area contributed by atoms with Gasteiger partial charge in [-0.25, -0.2) is 14.8 Å². The zero-order valence-corrected chi connectivity index (χ0v) is 16.2. The van der Waals surface area contributed by atoms with Gasteiger partial charge in [0, 0.05) is 44.0 Å². The quantitative estimate of drug-likeness (QED) is 0.857. The molecule has 0 radical (unpaired) electrons. The van der Waals surface area contributed by atoms with Crippen LogP contribution < -0.4 is 10.6 Å². The summed E-state index contributed by atoms with van der Waals surface area (Å²) in [5, 5.41) is 6.75. The molecule has 4 heterocycles. The third kappa shape index (κ3) is 3.71. The predicted octanol–water partition coefficient (Wildman–Crippen LogP) is 2.31. The lowest BCUT2D eigenvalue weighted by Gasteiger charge is -2.35. The number of anilines is 1. The fraction of sp³-hybridized carbons (Fsp3) is 0.632. The summed E-state index contributed by atoms with van der Waals surface area (Å²) in [4.78, 5) is 23.3. The van der Waals surface area contributed by atoms with Gasteiger partial charge in [-0.1, -0.05) is 0 Å². The molecule has 0 aromatic carbocycles. The molecule has 8 heteroatoms. The number of aryl methyl sites for hydroxylation is 1. The molecule has 0 spiro atoms. The van der Waals surface area contributed by atoms with Crippen LogP contribution in [0.3, 0.4) is 0 Å². The van der Waals surface area contributed by atoms with E-state index in [2.05, 4.69) is 45.1 Å². The van der Waals surface area contributed by atoms with Crippen LogP contribution in [0.4, 0.5) is 10.5 Å². The van der Waals surface area contributed by atoms with Crippen molar-refractivity contribution in [1.29, 1.82) is 0 Å². The first-order chi connectivity index (χ1) is 13.0. The number of fused-ring (bicyclic) bond motifs is 1. The van der Waals surface area contributed by atoms with Crippen molar-refractivity contribution in [1.82, 2.24) is 24.8 Å². The topological polar surface area (TPSA) is 84.3 Å². The molecule has 2 fully saturated rings. The highest BCUT2D eigenvalue weighted by Crippen LogP contribution is 2.26. The van der Waals surface area contributed by atoms with Gasteiger partial charge in [0.05, 0.1) is 12.0 Å². The molecular weight excluding hydrogens is 344 g/mol. The van der Waals surface area contributed by atoms with Crippen LogP contribution in [0.1, 0.15) is 38.4 Å². The van der Waals surface area contributed by atoms with E-state index in [0.29, 0.717) is 25.2 Å². The summed E-state index contributed by atoms with van der Waals surface area (Å²) >= 11 is 0. The Morgan fingerprint density at radius 3 is 2.70 bits per heavy atom. The minimum absolute atomic E-state index is 0.0393. The van der Waals surface area contributed by atoms with Crippen LogP contribution in [0.25, 0.3) is 11.2 Å². The molecule has 2 saturated heterocycles. The number of hydrogen-bond donors (Lipinski definition) is 2. The molecule has 0 saturated carbocycles. The van der Waals surface area contributed by atoms with Gasteiger partial charge in [0.25, 0.3) is 0 Å². The van der Waals surface area contributed by atoms with Crippen LogP contribution in [-0.2, 0) is 4.74 Å². The summed E-state index contributed by atoms with van der Waals surface area (Å²) in [6, 6.07) is 2.69. The maximum atomic E-state index is 12.2. The number of aromatic nitrogens is 3. The average Bonchev–Trinajstić information content (AvgIpc) is 3.02. The van der Waals surface area contributed by atoms with Crippen molar-refractivity contribution in [3.8, 4) is 0 Å². The summed E-state index contributed by atoms with van der Waals surface area (Å²) in [6.45, 7) is 9.23. The third-order valence-corrected chi connectivity index (χ3v) is 5.34. The fourth-order valence-corrected chi connectivity index (χ4v) is 3.61. The van der Waals surface area contributed by atoms with E-state index in [9.17, 15) is 4.79 Å². The zero-order valence-electron chi connectivity index (χ0n) is 16.2. The molecule has 2 aromatic rings. The number of pyridine rings is 1. The van der Waals surface area contributed by atoms with Crippen LogP contribution in [0.15, 0.2) is 12.4 Å². The number of ether oxygens (including phenoxy) is 1. The molecule has 8 nitrogen and oxygen atoms in total. The molecule has 1 amide bonds. The molecule has 4 rings (SSSR count). The van der Waals surface area contributed by atoms with Gasteiger partial charge in [-0.3, -0.25) is 0 Å². The van der Waals surface area contributed by atoms with Gasteiger partial charge in [0.15, 0.2) is 5.65 Å². The number of carbonyl (C=O) groups excluding carboxylic acids is 1. The Kier molecular flexibility index (Phi) is 4.90. The lowest BCUT2D eigenvalue weighted by molar-refractivity contribution is 0.0347. The highest BCUT2D eigenvalue weighted by molar-refractivity contribution is 5.86. The Morgan fingerprint density at radius 2 is 2.07 bits per heavy atom. The minimum Gasteiger partial charge on any atom is -0.443 e. The lowest BCUT2D eigenvalue weighted by atomic mass is 10.0. The Balaban J connectivity index is 1.41. The van der Waals surface area contributed by atoms with Crippen molar-refractivity contribution in [2.75, 3.05) is 31.5 Å². The normalized spacial score (nSPS) is 18.7. The van der Waals surface area contributed by atoms with Gasteiger partial charge in [-0.15, -0.1) is 0 Å². The number of likely N-dealkylation sites (tertiary alicyclic amines) is 1. The van der Waals surface area contributed by atoms with Crippen molar-refractivity contribution in [3.05, 3.63) is 18.1 Å². The second-order valence-electron chi connectivity index (χ2n) is 7.80. The number of nitrogens with one attached hydrogen (secondary N) is 2. The second-order valence-corrected chi connectivity index (χ2v) is 7.80. The van der Waals surface area contributed by atoms with Crippen LogP contribution in [-0.4, -0.2) is 63.9 Å². The van der Waals surface area contributed by atoms with E-state index >= 15 is 0 Å². The first kappa shape index (κ1) is 18.0. The van der Waals surface area contributed by atoms with Crippen LogP contribution in [0.5, 0.6) is 0 Å². The van der Waals surface area contributed by atoms with Gasteiger partial charge < -0.3 is 24.8 Å². The van der Waals surface area contributed by atoms with Crippen molar-refractivity contribution in [2.45, 2.75) is 51.8 Å². The van der Waals surface area contributed by atoms with Crippen LogP contribution in [0, 0.1) is 6.92 Å². The van der Waals surface area contributed by atoms with Crippen molar-refractivity contribution in [3.63, 3.8) is 0 Å². The summed E-state index contributed by atoms with van der Waals surface area (Å²) < 4.78 is 7.56. The molecule has 27 heavy (non-hydrogen) atoms. The molecule has 2 aliphatic heterocycles. The molecule has 0 unspecified atom stereocenters. The summed E-state index contributed by atoms with van der Waals surface area (Å²) in [7, 11) is 0. The molecule has 0 atom stereocenters. The van der Waals surface area contributed by atoms with Crippen molar-refractivity contribution >= 4 is 22.9 Å². The average molecular weight is 372 g/mol. The largest absolute Gasteiger partial charge is 0.443 e. The zero-order chi connectivity index (χ0) is 19.0. The number of carbonyl (C=O) groups is 1. The summed E-state index contributed by atoms with van der Waals surface area (Å²) in [6.07, 6.45) is 3.51. The molecule has 2 aliphatic rings. The van der Waals surface area contributed by atoms with E-state index in [1.54, 1.807) is 0 Å². The molecule has 2 aromatic heterocycles. The number of hydrogen-bond acceptors (Lipinski definition) is 6. The fourth-order valence-electron chi connectivity index (χ4n) is 3.61. The summed E-state index contributed by atoms with van der Waals surface area (Å²) in [5.74, 6) is 0. The number of amides is 1. The molecule has 2 N–H and O–H groups in total.